The first-order valence-corrected chi connectivity index (χ1v) is 5.56. The van der Waals surface area contributed by atoms with Gasteiger partial charge in [-0.25, -0.2) is 0 Å². The SMILES string of the molecule is CC(CCC(CN)C(=O)O)CC1CC1. The van der Waals surface area contributed by atoms with Crippen molar-refractivity contribution in [3.05, 3.63) is 0 Å². The zero-order chi connectivity index (χ0) is 10.6. The smallest absolute Gasteiger partial charge is 0.307 e. The van der Waals surface area contributed by atoms with Crippen LogP contribution >= 0.6 is 0 Å². The van der Waals surface area contributed by atoms with Crippen molar-refractivity contribution in [3.8, 4) is 0 Å². The Bertz CT molecular complexity index is 190. The van der Waals surface area contributed by atoms with E-state index in [4.69, 9.17) is 10.8 Å². The Balaban J connectivity index is 2.12. The van der Waals surface area contributed by atoms with E-state index in [1.54, 1.807) is 0 Å². The average Bonchev–Trinajstić information content (AvgIpc) is 2.88. The summed E-state index contributed by atoms with van der Waals surface area (Å²) in [5, 5.41) is 8.80. The van der Waals surface area contributed by atoms with Crippen molar-refractivity contribution < 1.29 is 9.90 Å². The number of carboxylic acid groups (broad SMARTS) is 1. The summed E-state index contributed by atoms with van der Waals surface area (Å²) in [5.41, 5.74) is 5.39. The lowest BCUT2D eigenvalue weighted by Crippen LogP contribution is -2.23. The number of rotatable bonds is 7. The van der Waals surface area contributed by atoms with E-state index in [-0.39, 0.29) is 12.5 Å². The molecule has 1 aliphatic rings. The minimum absolute atomic E-state index is 0.269. The van der Waals surface area contributed by atoms with E-state index in [2.05, 4.69) is 6.92 Å². The summed E-state index contributed by atoms with van der Waals surface area (Å²) in [6, 6.07) is 0. The van der Waals surface area contributed by atoms with Crippen LogP contribution in [0.25, 0.3) is 0 Å². The Labute approximate surface area is 85.7 Å². The summed E-state index contributed by atoms with van der Waals surface area (Å²) in [5.74, 6) is 0.518. The second kappa shape index (κ2) is 5.35. The molecule has 1 saturated carbocycles. The zero-order valence-electron chi connectivity index (χ0n) is 8.91. The molecule has 2 atom stereocenters. The van der Waals surface area contributed by atoms with Gasteiger partial charge in [0.2, 0.25) is 0 Å². The van der Waals surface area contributed by atoms with Gasteiger partial charge in [0, 0.05) is 6.54 Å². The van der Waals surface area contributed by atoms with Crippen LogP contribution in [-0.4, -0.2) is 17.6 Å². The summed E-state index contributed by atoms with van der Waals surface area (Å²) in [4.78, 5) is 10.7. The molecule has 2 unspecified atom stereocenters. The molecule has 0 aromatic carbocycles. The van der Waals surface area contributed by atoms with E-state index < -0.39 is 5.97 Å². The van der Waals surface area contributed by atoms with E-state index in [1.165, 1.54) is 19.3 Å². The molecule has 1 rings (SSSR count). The molecule has 0 saturated heterocycles. The van der Waals surface area contributed by atoms with Crippen molar-refractivity contribution in [1.82, 2.24) is 0 Å². The maximum atomic E-state index is 10.7. The van der Waals surface area contributed by atoms with E-state index in [1.807, 2.05) is 0 Å². The van der Waals surface area contributed by atoms with E-state index in [0.29, 0.717) is 5.92 Å². The monoisotopic (exact) mass is 199 g/mol. The summed E-state index contributed by atoms with van der Waals surface area (Å²) < 4.78 is 0. The van der Waals surface area contributed by atoms with Gasteiger partial charge in [0.15, 0.2) is 0 Å². The lowest BCUT2D eigenvalue weighted by molar-refractivity contribution is -0.141. The summed E-state index contributed by atoms with van der Waals surface area (Å²) in [6.45, 7) is 2.49. The lowest BCUT2D eigenvalue weighted by Gasteiger charge is -2.13. The lowest BCUT2D eigenvalue weighted by atomic mass is 9.93. The summed E-state index contributed by atoms with van der Waals surface area (Å²) in [7, 11) is 0. The number of carbonyl (C=O) groups is 1. The molecule has 0 heterocycles. The Morgan fingerprint density at radius 3 is 2.57 bits per heavy atom. The van der Waals surface area contributed by atoms with E-state index >= 15 is 0 Å². The highest BCUT2D eigenvalue weighted by Gasteiger charge is 2.24. The van der Waals surface area contributed by atoms with Crippen molar-refractivity contribution in [3.63, 3.8) is 0 Å². The number of hydrogen-bond acceptors (Lipinski definition) is 2. The molecule has 0 aromatic heterocycles. The molecule has 0 aromatic rings. The minimum atomic E-state index is -0.744. The number of aliphatic carboxylic acids is 1. The molecule has 0 aliphatic heterocycles. The van der Waals surface area contributed by atoms with Crippen LogP contribution in [0.1, 0.15) is 39.0 Å². The van der Waals surface area contributed by atoms with Crippen molar-refractivity contribution in [2.75, 3.05) is 6.54 Å². The second-order valence-electron chi connectivity index (χ2n) is 4.63. The average molecular weight is 199 g/mol. The van der Waals surface area contributed by atoms with Gasteiger partial charge in [-0.05, 0) is 31.1 Å². The van der Waals surface area contributed by atoms with Gasteiger partial charge < -0.3 is 10.8 Å². The van der Waals surface area contributed by atoms with Gasteiger partial charge in [-0.2, -0.15) is 0 Å². The molecule has 0 bridgehead atoms. The molecule has 0 amide bonds. The standard InChI is InChI=1S/C11H21NO2/c1-8(6-9-3-4-9)2-5-10(7-12)11(13)14/h8-10H,2-7,12H2,1H3,(H,13,14). The Morgan fingerprint density at radius 1 is 1.50 bits per heavy atom. The number of nitrogens with two attached hydrogens (primary N) is 1. The Hall–Kier alpha value is -0.570. The van der Waals surface area contributed by atoms with Gasteiger partial charge in [-0.15, -0.1) is 0 Å². The van der Waals surface area contributed by atoms with E-state index in [0.717, 1.165) is 18.8 Å². The maximum Gasteiger partial charge on any atom is 0.307 e. The van der Waals surface area contributed by atoms with Crippen LogP contribution < -0.4 is 5.73 Å². The molecule has 3 nitrogen and oxygen atoms in total. The van der Waals surface area contributed by atoms with Gasteiger partial charge >= 0.3 is 5.97 Å². The zero-order valence-corrected chi connectivity index (χ0v) is 8.91. The van der Waals surface area contributed by atoms with Gasteiger partial charge in [0.1, 0.15) is 0 Å². The van der Waals surface area contributed by atoms with Crippen LogP contribution in [0.3, 0.4) is 0 Å². The minimum Gasteiger partial charge on any atom is -0.481 e. The fourth-order valence-electron chi connectivity index (χ4n) is 1.87. The first kappa shape index (κ1) is 11.5. The van der Waals surface area contributed by atoms with Crippen LogP contribution in [0.5, 0.6) is 0 Å². The highest BCUT2D eigenvalue weighted by molar-refractivity contribution is 5.70. The first-order chi connectivity index (χ1) is 6.63. The first-order valence-electron chi connectivity index (χ1n) is 5.56. The third-order valence-electron chi connectivity index (χ3n) is 3.07. The predicted molar refractivity (Wildman–Crippen MR) is 55.9 cm³/mol. The molecule has 1 aliphatic carbocycles. The summed E-state index contributed by atoms with van der Waals surface area (Å²) >= 11 is 0. The normalized spacial score (nSPS) is 20.4. The Morgan fingerprint density at radius 2 is 2.14 bits per heavy atom. The quantitative estimate of drug-likeness (QED) is 0.658. The molecular weight excluding hydrogens is 178 g/mol. The van der Waals surface area contributed by atoms with Gasteiger partial charge in [-0.1, -0.05) is 19.8 Å². The number of carboxylic acids is 1. The van der Waals surface area contributed by atoms with Crippen LogP contribution in [0.2, 0.25) is 0 Å². The third kappa shape index (κ3) is 4.09. The van der Waals surface area contributed by atoms with Crippen molar-refractivity contribution in [2.45, 2.75) is 39.0 Å². The second-order valence-corrected chi connectivity index (χ2v) is 4.63. The van der Waals surface area contributed by atoms with Gasteiger partial charge in [-0.3, -0.25) is 4.79 Å². The highest BCUT2D eigenvalue weighted by atomic mass is 16.4. The molecule has 3 heteroatoms. The van der Waals surface area contributed by atoms with Crippen LogP contribution in [0.4, 0.5) is 0 Å². The van der Waals surface area contributed by atoms with Gasteiger partial charge in [0.25, 0.3) is 0 Å². The van der Waals surface area contributed by atoms with Gasteiger partial charge in [0.05, 0.1) is 5.92 Å². The topological polar surface area (TPSA) is 63.3 Å². The highest BCUT2D eigenvalue weighted by Crippen LogP contribution is 2.36. The third-order valence-corrected chi connectivity index (χ3v) is 3.07. The van der Waals surface area contributed by atoms with Crippen molar-refractivity contribution >= 4 is 5.97 Å². The fraction of sp³-hybridized carbons (Fsp3) is 0.909. The molecular formula is C11H21NO2. The number of hydrogen-bond donors (Lipinski definition) is 2. The summed E-state index contributed by atoms with van der Waals surface area (Å²) in [6.07, 6.45) is 5.77. The molecule has 0 spiro atoms. The predicted octanol–water partition coefficient (Wildman–Crippen LogP) is 1.86. The van der Waals surface area contributed by atoms with Crippen LogP contribution in [0.15, 0.2) is 0 Å². The van der Waals surface area contributed by atoms with Crippen molar-refractivity contribution in [2.24, 2.45) is 23.5 Å². The molecule has 14 heavy (non-hydrogen) atoms. The maximum absolute atomic E-state index is 10.7. The fourth-order valence-corrected chi connectivity index (χ4v) is 1.87. The Kier molecular flexibility index (Phi) is 4.39. The van der Waals surface area contributed by atoms with Crippen molar-refractivity contribution in [1.29, 1.82) is 0 Å². The largest absolute Gasteiger partial charge is 0.481 e. The van der Waals surface area contributed by atoms with Crippen LogP contribution in [0, 0.1) is 17.8 Å². The molecule has 82 valence electrons. The van der Waals surface area contributed by atoms with Crippen LogP contribution in [-0.2, 0) is 4.79 Å². The molecule has 3 N–H and O–H groups in total. The molecule has 0 radical (unpaired) electrons. The van der Waals surface area contributed by atoms with E-state index in [9.17, 15) is 4.79 Å². The molecule has 1 fully saturated rings.